The topological polar surface area (TPSA) is 66.8 Å². The zero-order chi connectivity index (χ0) is 11.6. The van der Waals surface area contributed by atoms with Gasteiger partial charge < -0.3 is 14.9 Å². The minimum absolute atomic E-state index is 0.142. The van der Waals surface area contributed by atoms with Crippen molar-refractivity contribution in [2.75, 3.05) is 0 Å². The molecule has 1 aromatic carbocycles. The van der Waals surface area contributed by atoms with Gasteiger partial charge in [0.05, 0.1) is 0 Å². The number of rotatable bonds is 2. The number of hydrogen-bond acceptors (Lipinski definition) is 4. The summed E-state index contributed by atoms with van der Waals surface area (Å²) in [7, 11) is 0. The van der Waals surface area contributed by atoms with Gasteiger partial charge in [-0.3, -0.25) is 0 Å². The van der Waals surface area contributed by atoms with Crippen LogP contribution in [0.5, 0.6) is 17.2 Å². The third-order valence-corrected chi connectivity index (χ3v) is 1.58. The number of hydrogen-bond donors (Lipinski definition) is 2. The second-order valence-electron chi connectivity index (χ2n) is 2.94. The van der Waals surface area contributed by atoms with Gasteiger partial charge in [0.2, 0.25) is 0 Å². The standard InChI is InChI=1S/C10H9FO4/c1-5(2)10(14)15-6-3-7(11)9(13)8(12)4-6/h3-4,12-13H,1H2,2H3. The van der Waals surface area contributed by atoms with Gasteiger partial charge in [-0.05, 0) is 6.92 Å². The van der Waals surface area contributed by atoms with Crippen molar-refractivity contribution in [1.29, 1.82) is 0 Å². The van der Waals surface area contributed by atoms with Gasteiger partial charge in [0.15, 0.2) is 17.3 Å². The average molecular weight is 212 g/mol. The molecule has 0 aliphatic heterocycles. The molecule has 0 fully saturated rings. The van der Waals surface area contributed by atoms with Gasteiger partial charge in [-0.1, -0.05) is 6.58 Å². The van der Waals surface area contributed by atoms with Crippen molar-refractivity contribution < 1.29 is 24.1 Å². The third kappa shape index (κ3) is 2.46. The van der Waals surface area contributed by atoms with Gasteiger partial charge in [-0.15, -0.1) is 0 Å². The number of benzene rings is 1. The van der Waals surface area contributed by atoms with Gasteiger partial charge in [-0.25, -0.2) is 9.18 Å². The van der Waals surface area contributed by atoms with E-state index in [1.807, 2.05) is 0 Å². The molecule has 0 atom stereocenters. The number of phenols is 2. The molecule has 0 saturated carbocycles. The predicted octanol–water partition coefficient (Wildman–Crippen LogP) is 1.72. The van der Waals surface area contributed by atoms with Crippen LogP contribution in [0, 0.1) is 5.82 Å². The van der Waals surface area contributed by atoms with E-state index in [4.69, 9.17) is 10.2 Å². The summed E-state index contributed by atoms with van der Waals surface area (Å²) in [4.78, 5) is 11.0. The van der Waals surface area contributed by atoms with Crippen LogP contribution in [0.15, 0.2) is 24.3 Å². The van der Waals surface area contributed by atoms with E-state index in [9.17, 15) is 9.18 Å². The van der Waals surface area contributed by atoms with Crippen LogP contribution in [0.4, 0.5) is 4.39 Å². The zero-order valence-electron chi connectivity index (χ0n) is 7.95. The van der Waals surface area contributed by atoms with Crippen LogP contribution in [0.3, 0.4) is 0 Å². The summed E-state index contributed by atoms with van der Waals surface area (Å²) in [5, 5.41) is 17.9. The fourth-order valence-corrected chi connectivity index (χ4v) is 0.813. The maximum atomic E-state index is 12.9. The number of phenolic OH excluding ortho intramolecular Hbond substituents is 2. The Hall–Kier alpha value is -2.04. The lowest BCUT2D eigenvalue weighted by Crippen LogP contribution is -2.08. The lowest BCUT2D eigenvalue weighted by Gasteiger charge is -2.05. The quantitative estimate of drug-likeness (QED) is 0.339. The Balaban J connectivity index is 2.98. The maximum Gasteiger partial charge on any atom is 0.338 e. The first kappa shape index (κ1) is 11.0. The Morgan fingerprint density at radius 2 is 2.07 bits per heavy atom. The zero-order valence-corrected chi connectivity index (χ0v) is 7.95. The predicted molar refractivity (Wildman–Crippen MR) is 50.2 cm³/mol. The highest BCUT2D eigenvalue weighted by atomic mass is 19.1. The molecule has 0 spiro atoms. The van der Waals surface area contributed by atoms with Gasteiger partial charge in [0.1, 0.15) is 5.75 Å². The molecule has 15 heavy (non-hydrogen) atoms. The van der Waals surface area contributed by atoms with Crippen molar-refractivity contribution in [3.8, 4) is 17.2 Å². The molecule has 0 radical (unpaired) electrons. The molecule has 0 bridgehead atoms. The molecule has 1 rings (SSSR count). The van der Waals surface area contributed by atoms with Crippen molar-refractivity contribution in [3.05, 3.63) is 30.1 Å². The normalized spacial score (nSPS) is 9.73. The fourth-order valence-electron chi connectivity index (χ4n) is 0.813. The van der Waals surface area contributed by atoms with Crippen LogP contribution in [-0.2, 0) is 4.79 Å². The number of aromatic hydroxyl groups is 2. The average Bonchev–Trinajstić information content (AvgIpc) is 2.13. The molecule has 0 heterocycles. The van der Waals surface area contributed by atoms with E-state index in [1.165, 1.54) is 6.92 Å². The molecule has 2 N–H and O–H groups in total. The number of halogens is 1. The summed E-state index contributed by atoms with van der Waals surface area (Å²) in [5.74, 6) is -3.58. The van der Waals surface area contributed by atoms with E-state index < -0.39 is 23.3 Å². The molecule has 80 valence electrons. The van der Waals surface area contributed by atoms with E-state index in [-0.39, 0.29) is 11.3 Å². The summed E-state index contributed by atoms with van der Waals surface area (Å²) in [6.45, 7) is 4.76. The lowest BCUT2D eigenvalue weighted by molar-refractivity contribution is -0.130. The molecule has 0 aliphatic rings. The first-order valence-electron chi connectivity index (χ1n) is 4.01. The first-order chi connectivity index (χ1) is 6.91. The van der Waals surface area contributed by atoms with Crippen LogP contribution < -0.4 is 4.74 Å². The smallest absolute Gasteiger partial charge is 0.338 e. The molecule has 0 aliphatic carbocycles. The van der Waals surface area contributed by atoms with Crippen molar-refractivity contribution >= 4 is 5.97 Å². The van der Waals surface area contributed by atoms with Crippen molar-refractivity contribution in [2.45, 2.75) is 6.92 Å². The third-order valence-electron chi connectivity index (χ3n) is 1.58. The molecule has 4 nitrogen and oxygen atoms in total. The monoisotopic (exact) mass is 212 g/mol. The minimum Gasteiger partial charge on any atom is -0.504 e. The van der Waals surface area contributed by atoms with E-state index in [0.29, 0.717) is 0 Å². The summed E-state index contributed by atoms with van der Waals surface area (Å²) in [6, 6.07) is 1.72. The molecule has 1 aromatic rings. The summed E-state index contributed by atoms with van der Waals surface area (Å²) in [5.41, 5.74) is 0.142. The Labute approximate surface area is 85.2 Å². The summed E-state index contributed by atoms with van der Waals surface area (Å²) < 4.78 is 17.5. The molecule has 0 aromatic heterocycles. The van der Waals surface area contributed by atoms with Crippen LogP contribution in [-0.4, -0.2) is 16.2 Å². The largest absolute Gasteiger partial charge is 0.504 e. The van der Waals surface area contributed by atoms with Gasteiger partial charge in [0, 0.05) is 17.7 Å². The Morgan fingerprint density at radius 1 is 1.47 bits per heavy atom. The van der Waals surface area contributed by atoms with Crippen LogP contribution >= 0.6 is 0 Å². The lowest BCUT2D eigenvalue weighted by atomic mass is 10.3. The van der Waals surface area contributed by atoms with Gasteiger partial charge in [0.25, 0.3) is 0 Å². The Bertz CT molecular complexity index is 402. The molecule has 0 saturated heterocycles. The molecular formula is C10H9FO4. The highest BCUT2D eigenvalue weighted by molar-refractivity contribution is 5.88. The summed E-state index contributed by atoms with van der Waals surface area (Å²) in [6.07, 6.45) is 0. The van der Waals surface area contributed by atoms with E-state index in [0.717, 1.165) is 12.1 Å². The Kier molecular flexibility index (Phi) is 2.94. The van der Waals surface area contributed by atoms with Crippen LogP contribution in [0.1, 0.15) is 6.92 Å². The van der Waals surface area contributed by atoms with Crippen LogP contribution in [0.25, 0.3) is 0 Å². The minimum atomic E-state index is -1.07. The first-order valence-corrected chi connectivity index (χ1v) is 4.01. The van der Waals surface area contributed by atoms with Crippen LogP contribution in [0.2, 0.25) is 0 Å². The number of esters is 1. The highest BCUT2D eigenvalue weighted by Gasteiger charge is 2.12. The van der Waals surface area contributed by atoms with E-state index >= 15 is 0 Å². The molecule has 5 heteroatoms. The highest BCUT2D eigenvalue weighted by Crippen LogP contribution is 2.32. The Morgan fingerprint density at radius 3 is 2.53 bits per heavy atom. The van der Waals surface area contributed by atoms with Crippen molar-refractivity contribution in [2.24, 2.45) is 0 Å². The van der Waals surface area contributed by atoms with E-state index in [1.54, 1.807) is 0 Å². The van der Waals surface area contributed by atoms with E-state index in [2.05, 4.69) is 11.3 Å². The number of ether oxygens (including phenoxy) is 1. The molecule has 0 unspecified atom stereocenters. The van der Waals surface area contributed by atoms with Gasteiger partial charge >= 0.3 is 5.97 Å². The second-order valence-corrected chi connectivity index (χ2v) is 2.94. The van der Waals surface area contributed by atoms with Crippen molar-refractivity contribution in [3.63, 3.8) is 0 Å². The second kappa shape index (κ2) is 4.00. The maximum absolute atomic E-state index is 12.9. The SMILES string of the molecule is C=C(C)C(=O)Oc1cc(O)c(O)c(F)c1. The summed E-state index contributed by atoms with van der Waals surface area (Å²) >= 11 is 0. The fraction of sp³-hybridized carbons (Fsp3) is 0.100. The number of carbonyl (C=O) groups excluding carboxylic acids is 1. The van der Waals surface area contributed by atoms with Crippen molar-refractivity contribution in [1.82, 2.24) is 0 Å². The molecule has 0 amide bonds. The van der Waals surface area contributed by atoms with Gasteiger partial charge in [-0.2, -0.15) is 0 Å². The number of carbonyl (C=O) groups is 1. The molecular weight excluding hydrogens is 203 g/mol.